The van der Waals surface area contributed by atoms with Crippen molar-refractivity contribution < 1.29 is 19.1 Å². The van der Waals surface area contributed by atoms with E-state index < -0.39 is 23.8 Å². The second-order valence-electron chi connectivity index (χ2n) is 5.31. The Labute approximate surface area is 148 Å². The van der Waals surface area contributed by atoms with E-state index in [1.54, 1.807) is 42.5 Å². The zero-order valence-corrected chi connectivity index (χ0v) is 13.7. The highest BCUT2D eigenvalue weighted by atomic mass is 35.5. The van der Waals surface area contributed by atoms with Gasteiger partial charge < -0.3 is 10.1 Å². The van der Waals surface area contributed by atoms with Crippen molar-refractivity contribution in [3.63, 3.8) is 0 Å². The maximum Gasteiger partial charge on any atom is 0.269 e. The van der Waals surface area contributed by atoms with E-state index in [1.807, 2.05) is 0 Å². The summed E-state index contributed by atoms with van der Waals surface area (Å²) in [6.07, 6.45) is -1.21. The number of hydrazine groups is 1. The summed E-state index contributed by atoms with van der Waals surface area (Å²) >= 11 is 5.81. The molecular formula is C17H14ClN3O4. The molecule has 1 aliphatic rings. The number of ether oxygens (including phenoxy) is 1. The number of para-hydroxylation sites is 2. The van der Waals surface area contributed by atoms with Gasteiger partial charge in [-0.3, -0.25) is 25.2 Å². The molecule has 0 spiro atoms. The number of hydrogen-bond acceptors (Lipinski definition) is 4. The first kappa shape index (κ1) is 16.8. The Morgan fingerprint density at radius 3 is 2.72 bits per heavy atom. The summed E-state index contributed by atoms with van der Waals surface area (Å²) in [4.78, 5) is 35.9. The molecule has 0 saturated heterocycles. The quantitative estimate of drug-likeness (QED) is 0.729. The minimum atomic E-state index is -0.974. The number of fused-ring (bicyclic) bond motifs is 1. The number of halogens is 1. The molecule has 7 nitrogen and oxygen atoms in total. The van der Waals surface area contributed by atoms with Crippen molar-refractivity contribution in [2.45, 2.75) is 12.5 Å². The summed E-state index contributed by atoms with van der Waals surface area (Å²) in [6, 6.07) is 13.2. The molecule has 0 aliphatic carbocycles. The maximum atomic E-state index is 12.0. The zero-order valence-electron chi connectivity index (χ0n) is 12.9. The maximum absolute atomic E-state index is 12.0. The van der Waals surface area contributed by atoms with Gasteiger partial charge in [-0.2, -0.15) is 0 Å². The van der Waals surface area contributed by atoms with Crippen LogP contribution in [0.15, 0.2) is 48.5 Å². The van der Waals surface area contributed by atoms with Crippen LogP contribution in [0.25, 0.3) is 0 Å². The lowest BCUT2D eigenvalue weighted by Crippen LogP contribution is -2.46. The number of anilines is 1. The molecule has 3 rings (SSSR count). The first-order valence-corrected chi connectivity index (χ1v) is 7.82. The molecule has 0 fully saturated rings. The van der Waals surface area contributed by atoms with E-state index in [0.29, 0.717) is 22.0 Å². The molecule has 2 aromatic carbocycles. The highest BCUT2D eigenvalue weighted by Crippen LogP contribution is 2.29. The van der Waals surface area contributed by atoms with E-state index in [1.165, 1.54) is 6.07 Å². The number of carbonyl (C=O) groups excluding carboxylic acids is 3. The van der Waals surface area contributed by atoms with Gasteiger partial charge in [-0.25, -0.2) is 0 Å². The van der Waals surface area contributed by atoms with Gasteiger partial charge in [-0.15, -0.1) is 0 Å². The van der Waals surface area contributed by atoms with Crippen molar-refractivity contribution in [3.8, 4) is 5.75 Å². The van der Waals surface area contributed by atoms with E-state index in [2.05, 4.69) is 16.2 Å². The van der Waals surface area contributed by atoms with Gasteiger partial charge in [-0.05, 0) is 30.3 Å². The molecule has 1 aliphatic heterocycles. The molecule has 2 aromatic rings. The zero-order chi connectivity index (χ0) is 17.8. The second kappa shape index (κ2) is 7.23. The van der Waals surface area contributed by atoms with Crippen molar-refractivity contribution in [1.29, 1.82) is 0 Å². The van der Waals surface area contributed by atoms with E-state index >= 15 is 0 Å². The average Bonchev–Trinajstić information content (AvgIpc) is 2.60. The van der Waals surface area contributed by atoms with Crippen molar-refractivity contribution >= 4 is 35.0 Å². The van der Waals surface area contributed by atoms with Gasteiger partial charge in [0.1, 0.15) is 5.75 Å². The molecule has 0 saturated carbocycles. The lowest BCUT2D eigenvalue weighted by atomic mass is 10.1. The molecule has 1 heterocycles. The monoisotopic (exact) mass is 359 g/mol. The fraction of sp³-hybridized carbons (Fsp3) is 0.118. The number of amides is 3. The van der Waals surface area contributed by atoms with Gasteiger partial charge in [0.2, 0.25) is 5.91 Å². The van der Waals surface area contributed by atoms with Gasteiger partial charge in [0.15, 0.2) is 6.10 Å². The molecule has 0 bridgehead atoms. The van der Waals surface area contributed by atoms with Crippen molar-refractivity contribution in [2.24, 2.45) is 0 Å². The minimum absolute atomic E-state index is 0.240. The van der Waals surface area contributed by atoms with Gasteiger partial charge in [0.25, 0.3) is 11.8 Å². The third kappa shape index (κ3) is 4.07. The Kier molecular flexibility index (Phi) is 4.85. The van der Waals surface area contributed by atoms with Gasteiger partial charge in [0, 0.05) is 10.6 Å². The van der Waals surface area contributed by atoms with Crippen LogP contribution in [0.1, 0.15) is 16.8 Å². The van der Waals surface area contributed by atoms with Crippen LogP contribution in [0.3, 0.4) is 0 Å². The third-order valence-corrected chi connectivity index (χ3v) is 3.71. The number of carbonyl (C=O) groups is 3. The lowest BCUT2D eigenvalue weighted by molar-refractivity contribution is -0.130. The number of hydrogen-bond donors (Lipinski definition) is 3. The van der Waals surface area contributed by atoms with E-state index in [0.717, 1.165) is 0 Å². The largest absolute Gasteiger partial charge is 0.478 e. The van der Waals surface area contributed by atoms with Gasteiger partial charge in [0.05, 0.1) is 12.1 Å². The van der Waals surface area contributed by atoms with Crippen LogP contribution in [0.4, 0.5) is 5.69 Å². The molecule has 25 heavy (non-hydrogen) atoms. The van der Waals surface area contributed by atoms with Crippen LogP contribution >= 0.6 is 11.6 Å². The summed E-state index contributed by atoms with van der Waals surface area (Å²) in [5.41, 5.74) is 5.37. The second-order valence-corrected chi connectivity index (χ2v) is 5.75. The van der Waals surface area contributed by atoms with Gasteiger partial charge >= 0.3 is 0 Å². The van der Waals surface area contributed by atoms with E-state index in [9.17, 15) is 14.4 Å². The molecule has 128 valence electrons. The molecule has 0 unspecified atom stereocenters. The van der Waals surface area contributed by atoms with Crippen LogP contribution in [-0.2, 0) is 9.59 Å². The van der Waals surface area contributed by atoms with Crippen LogP contribution in [-0.4, -0.2) is 23.8 Å². The summed E-state index contributed by atoms with van der Waals surface area (Å²) in [6.45, 7) is 0. The topological polar surface area (TPSA) is 96.5 Å². The standard InChI is InChI=1S/C17H14ClN3O4/c18-11-5-3-4-10(8-11)16(23)21-20-15(22)9-14-17(24)19-12-6-1-2-7-13(12)25-14/h1-8,14H,9H2,(H,19,24)(H,20,22)(H,21,23)/t14-/m0/s1. The fourth-order valence-corrected chi connectivity index (χ4v) is 2.47. The number of nitrogens with one attached hydrogen (secondary N) is 3. The predicted molar refractivity (Wildman–Crippen MR) is 91.2 cm³/mol. The van der Waals surface area contributed by atoms with Gasteiger partial charge in [-0.1, -0.05) is 29.8 Å². The van der Waals surface area contributed by atoms with E-state index in [-0.39, 0.29) is 6.42 Å². The minimum Gasteiger partial charge on any atom is -0.478 e. The Balaban J connectivity index is 1.54. The smallest absolute Gasteiger partial charge is 0.269 e. The predicted octanol–water partition coefficient (Wildman–Crippen LogP) is 1.89. The molecule has 3 amide bonds. The average molecular weight is 360 g/mol. The number of benzene rings is 2. The van der Waals surface area contributed by atoms with Crippen molar-refractivity contribution in [1.82, 2.24) is 10.9 Å². The Hall–Kier alpha value is -3.06. The highest BCUT2D eigenvalue weighted by Gasteiger charge is 2.29. The summed E-state index contributed by atoms with van der Waals surface area (Å²) in [5, 5.41) is 3.07. The highest BCUT2D eigenvalue weighted by molar-refractivity contribution is 6.30. The van der Waals surface area contributed by atoms with Crippen LogP contribution in [0, 0.1) is 0 Å². The fourth-order valence-electron chi connectivity index (χ4n) is 2.27. The molecular weight excluding hydrogens is 346 g/mol. The first-order chi connectivity index (χ1) is 12.0. The first-order valence-electron chi connectivity index (χ1n) is 7.44. The summed E-state index contributed by atoms with van der Waals surface area (Å²) in [7, 11) is 0. The molecule has 0 radical (unpaired) electrons. The number of rotatable bonds is 3. The normalized spacial score (nSPS) is 15.4. The van der Waals surface area contributed by atoms with E-state index in [4.69, 9.17) is 16.3 Å². The van der Waals surface area contributed by atoms with Crippen molar-refractivity contribution in [3.05, 3.63) is 59.1 Å². The van der Waals surface area contributed by atoms with Crippen LogP contribution < -0.4 is 20.9 Å². The van der Waals surface area contributed by atoms with Crippen LogP contribution in [0.5, 0.6) is 5.75 Å². The Morgan fingerprint density at radius 2 is 1.92 bits per heavy atom. The molecule has 0 aromatic heterocycles. The molecule has 8 heteroatoms. The SMILES string of the molecule is O=C(C[C@@H]1Oc2ccccc2NC1=O)NNC(=O)c1cccc(Cl)c1. The third-order valence-electron chi connectivity index (χ3n) is 3.48. The molecule has 1 atom stereocenters. The van der Waals surface area contributed by atoms with Crippen molar-refractivity contribution in [2.75, 3.05) is 5.32 Å². The Morgan fingerprint density at radius 1 is 1.12 bits per heavy atom. The molecule has 3 N–H and O–H groups in total. The Bertz CT molecular complexity index is 840. The van der Waals surface area contributed by atoms with Crippen LogP contribution in [0.2, 0.25) is 5.02 Å². The summed E-state index contributed by atoms with van der Waals surface area (Å²) in [5.74, 6) is -1.01. The summed E-state index contributed by atoms with van der Waals surface area (Å²) < 4.78 is 5.52. The lowest BCUT2D eigenvalue weighted by Gasteiger charge is -2.25.